The van der Waals surface area contributed by atoms with E-state index >= 15 is 0 Å². The number of carbonyl (C=O) groups excluding carboxylic acids is 1. The Kier molecular flexibility index (Phi) is 6.08. The molecule has 1 atom stereocenters. The van der Waals surface area contributed by atoms with E-state index in [0.717, 1.165) is 0 Å². The second kappa shape index (κ2) is 7.33. The van der Waals surface area contributed by atoms with Gasteiger partial charge in [-0.2, -0.15) is 0 Å². The molecule has 0 heterocycles. The van der Waals surface area contributed by atoms with E-state index < -0.39 is 0 Å². The number of hydrogen-bond donors (Lipinski definition) is 3. The third-order valence-corrected chi connectivity index (χ3v) is 2.92. The van der Waals surface area contributed by atoms with Crippen LogP contribution in [-0.4, -0.2) is 42.2 Å². The van der Waals surface area contributed by atoms with Gasteiger partial charge in [0.15, 0.2) is 0 Å². The minimum Gasteiger partial charge on any atom is -0.399 e. The first-order chi connectivity index (χ1) is 8.88. The van der Waals surface area contributed by atoms with Crippen molar-refractivity contribution in [2.45, 2.75) is 19.4 Å². The number of nitrogens with one attached hydrogen (secondary N) is 1. The van der Waals surface area contributed by atoms with Gasteiger partial charge in [-0.05, 0) is 38.6 Å². The molecule has 0 radical (unpaired) electrons. The number of rotatable bonds is 6. The molecule has 5 nitrogen and oxygen atoms in total. The van der Waals surface area contributed by atoms with Crippen molar-refractivity contribution < 1.29 is 9.90 Å². The van der Waals surface area contributed by atoms with Crippen LogP contribution in [0.1, 0.15) is 13.3 Å². The predicted molar refractivity (Wildman–Crippen MR) is 78.3 cm³/mol. The Bertz CT molecular complexity index is 438. The second-order valence-electron chi connectivity index (χ2n) is 4.66. The minimum atomic E-state index is -0.364. The van der Waals surface area contributed by atoms with Crippen LogP contribution in [0.25, 0.3) is 0 Å². The number of aliphatic hydroxyl groups is 1. The van der Waals surface area contributed by atoms with Gasteiger partial charge in [0.05, 0.1) is 23.4 Å². The Balaban J connectivity index is 2.46. The molecule has 1 amide bonds. The third-order valence-electron chi connectivity index (χ3n) is 2.61. The maximum atomic E-state index is 11.8. The summed E-state index contributed by atoms with van der Waals surface area (Å²) in [6, 6.07) is 4.94. The Morgan fingerprint density at radius 2 is 2.26 bits per heavy atom. The topological polar surface area (TPSA) is 78.6 Å². The molecule has 0 saturated carbocycles. The zero-order valence-electron chi connectivity index (χ0n) is 11.2. The van der Waals surface area contributed by atoms with Gasteiger partial charge in [-0.3, -0.25) is 9.69 Å². The summed E-state index contributed by atoms with van der Waals surface area (Å²) < 4.78 is 0. The number of amides is 1. The van der Waals surface area contributed by atoms with E-state index in [2.05, 4.69) is 5.32 Å². The van der Waals surface area contributed by atoms with Crippen molar-refractivity contribution in [1.29, 1.82) is 0 Å². The lowest BCUT2D eigenvalue weighted by molar-refractivity contribution is -0.117. The summed E-state index contributed by atoms with van der Waals surface area (Å²) in [5.41, 5.74) is 6.68. The maximum Gasteiger partial charge on any atom is 0.238 e. The standard InChI is InChI=1S/C13H20ClN3O2/c1-9(18)5-6-17(2)8-13(19)16-12-4-3-10(15)7-11(12)14/h3-4,7,9,18H,5-6,8,15H2,1-2H3,(H,16,19). The summed E-state index contributed by atoms with van der Waals surface area (Å²) in [7, 11) is 1.83. The van der Waals surface area contributed by atoms with Crippen molar-refractivity contribution in [2.75, 3.05) is 31.2 Å². The molecule has 0 spiro atoms. The van der Waals surface area contributed by atoms with Gasteiger partial charge in [-0.25, -0.2) is 0 Å². The third kappa shape index (κ3) is 5.92. The number of aliphatic hydroxyl groups excluding tert-OH is 1. The number of hydrogen-bond acceptors (Lipinski definition) is 4. The molecular weight excluding hydrogens is 266 g/mol. The van der Waals surface area contributed by atoms with Crippen molar-refractivity contribution in [2.24, 2.45) is 0 Å². The van der Waals surface area contributed by atoms with E-state index in [1.165, 1.54) is 0 Å². The van der Waals surface area contributed by atoms with Gasteiger partial charge >= 0.3 is 0 Å². The van der Waals surface area contributed by atoms with Crippen molar-refractivity contribution in [3.63, 3.8) is 0 Å². The van der Waals surface area contributed by atoms with Gasteiger partial charge < -0.3 is 16.2 Å². The smallest absolute Gasteiger partial charge is 0.238 e. The van der Waals surface area contributed by atoms with Gasteiger partial charge in [0.25, 0.3) is 0 Å². The molecule has 4 N–H and O–H groups in total. The largest absolute Gasteiger partial charge is 0.399 e. The molecule has 0 bridgehead atoms. The Morgan fingerprint density at radius 1 is 1.58 bits per heavy atom. The molecule has 0 aliphatic heterocycles. The molecule has 19 heavy (non-hydrogen) atoms. The normalized spacial score (nSPS) is 12.5. The molecule has 0 saturated heterocycles. The molecule has 0 fully saturated rings. The Labute approximate surface area is 118 Å². The SMILES string of the molecule is CC(O)CCN(C)CC(=O)Nc1ccc(N)cc1Cl. The average Bonchev–Trinajstić information content (AvgIpc) is 2.30. The number of anilines is 2. The molecule has 106 valence electrons. The lowest BCUT2D eigenvalue weighted by Gasteiger charge is -2.17. The van der Waals surface area contributed by atoms with Crippen LogP contribution in [0, 0.1) is 0 Å². The summed E-state index contributed by atoms with van der Waals surface area (Å²) in [4.78, 5) is 13.6. The fraction of sp³-hybridized carbons (Fsp3) is 0.462. The van der Waals surface area contributed by atoms with Gasteiger partial charge in [0.2, 0.25) is 5.91 Å². The average molecular weight is 286 g/mol. The molecule has 0 aliphatic rings. The Morgan fingerprint density at radius 3 is 2.84 bits per heavy atom. The van der Waals surface area contributed by atoms with Crippen molar-refractivity contribution >= 4 is 28.9 Å². The lowest BCUT2D eigenvalue weighted by atomic mass is 10.2. The molecule has 0 aromatic heterocycles. The first kappa shape index (κ1) is 15.8. The number of likely N-dealkylation sites (N-methyl/N-ethyl adjacent to an activating group) is 1. The van der Waals surface area contributed by atoms with Crippen LogP contribution in [0.4, 0.5) is 11.4 Å². The molecule has 1 unspecified atom stereocenters. The van der Waals surface area contributed by atoms with Crippen LogP contribution in [0.15, 0.2) is 18.2 Å². The Hall–Kier alpha value is -1.30. The monoisotopic (exact) mass is 285 g/mol. The maximum absolute atomic E-state index is 11.8. The first-order valence-electron chi connectivity index (χ1n) is 6.10. The number of nitrogen functional groups attached to an aromatic ring is 1. The van der Waals surface area contributed by atoms with Gasteiger partial charge in [-0.15, -0.1) is 0 Å². The van der Waals surface area contributed by atoms with E-state index in [0.29, 0.717) is 29.4 Å². The number of carbonyl (C=O) groups is 1. The van der Waals surface area contributed by atoms with Crippen LogP contribution in [0.3, 0.4) is 0 Å². The highest BCUT2D eigenvalue weighted by molar-refractivity contribution is 6.34. The molecule has 1 rings (SSSR count). The number of nitrogens with two attached hydrogens (primary N) is 1. The number of halogens is 1. The molecule has 1 aromatic rings. The highest BCUT2D eigenvalue weighted by Gasteiger charge is 2.09. The van der Waals surface area contributed by atoms with E-state index in [1.807, 2.05) is 11.9 Å². The van der Waals surface area contributed by atoms with E-state index in [9.17, 15) is 9.90 Å². The van der Waals surface area contributed by atoms with Crippen LogP contribution in [0.2, 0.25) is 5.02 Å². The highest BCUT2D eigenvalue weighted by atomic mass is 35.5. The van der Waals surface area contributed by atoms with Crippen LogP contribution >= 0.6 is 11.6 Å². The van der Waals surface area contributed by atoms with Crippen molar-refractivity contribution in [1.82, 2.24) is 4.90 Å². The van der Waals surface area contributed by atoms with E-state index in [1.54, 1.807) is 25.1 Å². The summed E-state index contributed by atoms with van der Waals surface area (Å²) >= 11 is 5.97. The minimum absolute atomic E-state index is 0.153. The fourth-order valence-corrected chi connectivity index (χ4v) is 1.79. The lowest BCUT2D eigenvalue weighted by Crippen LogP contribution is -2.32. The molecule has 6 heteroatoms. The number of nitrogens with zero attached hydrogens (tertiary/aromatic N) is 1. The van der Waals surface area contributed by atoms with E-state index in [4.69, 9.17) is 17.3 Å². The second-order valence-corrected chi connectivity index (χ2v) is 5.07. The van der Waals surface area contributed by atoms with Crippen molar-refractivity contribution in [3.05, 3.63) is 23.2 Å². The zero-order valence-corrected chi connectivity index (χ0v) is 11.9. The summed E-state index contributed by atoms with van der Waals surface area (Å²) in [6.45, 7) is 2.62. The fourth-order valence-electron chi connectivity index (χ4n) is 1.55. The van der Waals surface area contributed by atoms with Crippen molar-refractivity contribution in [3.8, 4) is 0 Å². The predicted octanol–water partition coefficient (Wildman–Crippen LogP) is 1.56. The van der Waals surface area contributed by atoms with Gasteiger partial charge in [0, 0.05) is 12.2 Å². The summed E-state index contributed by atoms with van der Waals surface area (Å²) in [5, 5.41) is 12.3. The highest BCUT2D eigenvalue weighted by Crippen LogP contribution is 2.23. The first-order valence-corrected chi connectivity index (χ1v) is 6.47. The zero-order chi connectivity index (χ0) is 14.4. The van der Waals surface area contributed by atoms with E-state index in [-0.39, 0.29) is 18.6 Å². The quantitative estimate of drug-likeness (QED) is 0.693. The van der Waals surface area contributed by atoms with Crippen LogP contribution in [-0.2, 0) is 4.79 Å². The van der Waals surface area contributed by atoms with Gasteiger partial charge in [-0.1, -0.05) is 11.6 Å². The van der Waals surface area contributed by atoms with Crippen LogP contribution in [0.5, 0.6) is 0 Å². The number of benzene rings is 1. The summed E-state index contributed by atoms with van der Waals surface area (Å²) in [6.07, 6.45) is 0.268. The molecule has 0 aliphatic carbocycles. The summed E-state index contributed by atoms with van der Waals surface area (Å²) in [5.74, 6) is -0.153. The molecular formula is C13H20ClN3O2. The van der Waals surface area contributed by atoms with Crippen LogP contribution < -0.4 is 11.1 Å². The van der Waals surface area contributed by atoms with Gasteiger partial charge in [0.1, 0.15) is 0 Å². The molecule has 1 aromatic carbocycles.